The van der Waals surface area contributed by atoms with Crippen molar-refractivity contribution in [2.45, 2.75) is 44.2 Å². The number of benzene rings is 3. The summed E-state index contributed by atoms with van der Waals surface area (Å²) in [4.78, 5) is 46.2. The Kier molecular flexibility index (Phi) is 11.2. The first-order valence-electron chi connectivity index (χ1n) is 14.0. The standard InChI is InChI=1S/C33H32O11/c1-2-27(34)41-20-6-4-3-5-19-40-25-15-11-22(12-16-25)21-7-9-23(10-8-21)32(39)42-26-17-13-24(14-18-26)33-43-28(30(35)36)29(44-33)31(37)38/h2,7-18,28-29,33H,1,3-6,19-20H2,(H,35,36)(H,37,38). The average molecular weight is 605 g/mol. The summed E-state index contributed by atoms with van der Waals surface area (Å²) in [7, 11) is 0. The van der Waals surface area contributed by atoms with E-state index in [0.29, 0.717) is 24.3 Å². The Hall–Kier alpha value is -5.00. The summed E-state index contributed by atoms with van der Waals surface area (Å²) in [5.41, 5.74) is 2.58. The van der Waals surface area contributed by atoms with Gasteiger partial charge in [0.15, 0.2) is 18.5 Å². The number of unbranched alkanes of at least 4 members (excludes halogenated alkanes) is 3. The molecule has 0 saturated carbocycles. The van der Waals surface area contributed by atoms with E-state index in [0.717, 1.165) is 48.6 Å². The van der Waals surface area contributed by atoms with Gasteiger partial charge in [-0.3, -0.25) is 0 Å². The topological polar surface area (TPSA) is 155 Å². The predicted molar refractivity (Wildman–Crippen MR) is 156 cm³/mol. The molecule has 0 aromatic heterocycles. The van der Waals surface area contributed by atoms with Gasteiger partial charge in [-0.05, 0) is 73.2 Å². The molecular formula is C33H32O11. The van der Waals surface area contributed by atoms with Crippen molar-refractivity contribution in [1.82, 2.24) is 0 Å². The molecule has 3 aromatic carbocycles. The summed E-state index contributed by atoms with van der Waals surface area (Å²) in [6, 6.07) is 20.6. The first-order chi connectivity index (χ1) is 21.2. The van der Waals surface area contributed by atoms with Gasteiger partial charge in [-0.15, -0.1) is 0 Å². The lowest BCUT2D eigenvalue weighted by atomic mass is 10.0. The monoisotopic (exact) mass is 604 g/mol. The van der Waals surface area contributed by atoms with Crippen molar-refractivity contribution in [3.05, 3.63) is 96.6 Å². The maximum atomic E-state index is 12.7. The Morgan fingerprint density at radius 3 is 1.77 bits per heavy atom. The molecular weight excluding hydrogens is 572 g/mol. The van der Waals surface area contributed by atoms with Crippen LogP contribution in [0.15, 0.2) is 85.5 Å². The van der Waals surface area contributed by atoms with Gasteiger partial charge in [0.05, 0.1) is 18.8 Å². The molecule has 0 spiro atoms. The number of ether oxygens (including phenoxy) is 5. The fourth-order valence-corrected chi connectivity index (χ4v) is 4.35. The van der Waals surface area contributed by atoms with Crippen LogP contribution in [0.2, 0.25) is 0 Å². The van der Waals surface area contributed by atoms with Crippen LogP contribution in [-0.2, 0) is 28.6 Å². The zero-order chi connectivity index (χ0) is 31.5. The van der Waals surface area contributed by atoms with E-state index in [-0.39, 0.29) is 5.75 Å². The van der Waals surface area contributed by atoms with Gasteiger partial charge in [-0.1, -0.05) is 43.0 Å². The second kappa shape index (κ2) is 15.5. The van der Waals surface area contributed by atoms with Crippen LogP contribution < -0.4 is 9.47 Å². The largest absolute Gasteiger partial charge is 0.494 e. The van der Waals surface area contributed by atoms with Crippen LogP contribution in [-0.4, -0.2) is 59.5 Å². The minimum absolute atomic E-state index is 0.231. The molecule has 2 atom stereocenters. The van der Waals surface area contributed by atoms with Gasteiger partial charge in [-0.25, -0.2) is 19.2 Å². The number of aliphatic carboxylic acids is 2. The molecule has 0 bridgehead atoms. The van der Waals surface area contributed by atoms with Crippen LogP contribution in [0, 0.1) is 0 Å². The van der Waals surface area contributed by atoms with E-state index in [4.69, 9.17) is 23.7 Å². The molecule has 4 rings (SSSR count). The fourth-order valence-electron chi connectivity index (χ4n) is 4.35. The quantitative estimate of drug-likeness (QED) is 0.102. The smallest absolute Gasteiger partial charge is 0.343 e. The van der Waals surface area contributed by atoms with Crippen molar-refractivity contribution in [3.63, 3.8) is 0 Å². The van der Waals surface area contributed by atoms with Crippen LogP contribution in [0.4, 0.5) is 0 Å². The number of carbonyl (C=O) groups excluding carboxylic acids is 2. The fraction of sp³-hybridized carbons (Fsp3) is 0.273. The third-order valence-electron chi connectivity index (χ3n) is 6.69. The van der Waals surface area contributed by atoms with E-state index >= 15 is 0 Å². The Balaban J connectivity index is 1.22. The normalized spacial score (nSPS) is 17.4. The van der Waals surface area contributed by atoms with Crippen LogP contribution in [0.25, 0.3) is 11.1 Å². The first-order valence-corrected chi connectivity index (χ1v) is 14.0. The molecule has 0 amide bonds. The van der Waals surface area contributed by atoms with Gasteiger partial charge in [0.1, 0.15) is 11.5 Å². The Bertz CT molecular complexity index is 1420. The van der Waals surface area contributed by atoms with Crippen molar-refractivity contribution in [1.29, 1.82) is 0 Å². The summed E-state index contributed by atoms with van der Waals surface area (Å²) in [5, 5.41) is 18.4. The molecule has 11 heteroatoms. The highest BCUT2D eigenvalue weighted by molar-refractivity contribution is 5.91. The molecule has 1 fully saturated rings. The van der Waals surface area contributed by atoms with Crippen LogP contribution >= 0.6 is 0 Å². The molecule has 230 valence electrons. The summed E-state index contributed by atoms with van der Waals surface area (Å²) in [5.74, 6) is -2.86. The number of hydrogen-bond donors (Lipinski definition) is 2. The second-order valence-corrected chi connectivity index (χ2v) is 9.82. The average Bonchev–Trinajstić information content (AvgIpc) is 3.50. The molecule has 1 saturated heterocycles. The molecule has 44 heavy (non-hydrogen) atoms. The summed E-state index contributed by atoms with van der Waals surface area (Å²) in [6.45, 7) is 4.34. The van der Waals surface area contributed by atoms with Crippen LogP contribution in [0.1, 0.15) is 47.9 Å². The molecule has 0 radical (unpaired) electrons. The molecule has 2 unspecified atom stereocenters. The van der Waals surface area contributed by atoms with E-state index in [9.17, 15) is 29.4 Å². The van der Waals surface area contributed by atoms with E-state index in [2.05, 4.69) is 6.58 Å². The van der Waals surface area contributed by atoms with Gasteiger partial charge in [0.25, 0.3) is 0 Å². The molecule has 11 nitrogen and oxygen atoms in total. The molecule has 1 aliphatic heterocycles. The van der Waals surface area contributed by atoms with Gasteiger partial charge < -0.3 is 33.9 Å². The van der Waals surface area contributed by atoms with Gasteiger partial charge in [-0.2, -0.15) is 0 Å². The number of carboxylic acids is 2. The van der Waals surface area contributed by atoms with Crippen molar-refractivity contribution >= 4 is 23.9 Å². The second-order valence-electron chi connectivity index (χ2n) is 9.82. The lowest BCUT2D eigenvalue weighted by Crippen LogP contribution is -2.36. The molecule has 1 aliphatic rings. The highest BCUT2D eigenvalue weighted by Gasteiger charge is 2.46. The third-order valence-corrected chi connectivity index (χ3v) is 6.69. The van der Waals surface area contributed by atoms with Crippen LogP contribution in [0.3, 0.4) is 0 Å². The minimum atomic E-state index is -1.64. The minimum Gasteiger partial charge on any atom is -0.494 e. The summed E-state index contributed by atoms with van der Waals surface area (Å²) in [6.07, 6.45) is 0.304. The lowest BCUT2D eigenvalue weighted by molar-refractivity contribution is -0.156. The number of carbonyl (C=O) groups is 4. The maximum absolute atomic E-state index is 12.7. The Labute approximate surface area is 253 Å². The highest BCUT2D eigenvalue weighted by Crippen LogP contribution is 2.33. The molecule has 2 N–H and O–H groups in total. The maximum Gasteiger partial charge on any atom is 0.343 e. The number of esters is 2. The van der Waals surface area contributed by atoms with Crippen molar-refractivity contribution < 1.29 is 53.1 Å². The van der Waals surface area contributed by atoms with Gasteiger partial charge in [0, 0.05) is 11.6 Å². The number of hydrogen-bond acceptors (Lipinski definition) is 9. The van der Waals surface area contributed by atoms with Crippen molar-refractivity contribution in [2.75, 3.05) is 13.2 Å². The summed E-state index contributed by atoms with van der Waals surface area (Å²) < 4.78 is 26.7. The zero-order valence-corrected chi connectivity index (χ0v) is 23.8. The van der Waals surface area contributed by atoms with E-state index in [1.807, 2.05) is 36.4 Å². The van der Waals surface area contributed by atoms with E-state index in [1.165, 1.54) is 24.3 Å². The molecule has 1 heterocycles. The highest BCUT2D eigenvalue weighted by atomic mass is 16.7. The van der Waals surface area contributed by atoms with Gasteiger partial charge >= 0.3 is 23.9 Å². The third kappa shape index (κ3) is 8.76. The molecule has 0 aliphatic carbocycles. The Morgan fingerprint density at radius 1 is 0.705 bits per heavy atom. The predicted octanol–water partition coefficient (Wildman–Crippen LogP) is 5.19. The van der Waals surface area contributed by atoms with E-state index < -0.39 is 42.4 Å². The number of rotatable bonds is 15. The van der Waals surface area contributed by atoms with Crippen molar-refractivity contribution in [3.8, 4) is 22.6 Å². The SMILES string of the molecule is C=CC(=O)OCCCCCCOc1ccc(-c2ccc(C(=O)Oc3ccc(C4OC(C(=O)O)C(C(=O)O)O4)cc3)cc2)cc1. The molecule has 3 aromatic rings. The number of carboxylic acid groups (broad SMARTS) is 2. The van der Waals surface area contributed by atoms with Gasteiger partial charge in [0.2, 0.25) is 0 Å². The lowest BCUT2D eigenvalue weighted by Gasteiger charge is -2.11. The van der Waals surface area contributed by atoms with E-state index in [1.54, 1.807) is 12.1 Å². The Morgan fingerprint density at radius 2 is 1.23 bits per heavy atom. The van der Waals surface area contributed by atoms with Crippen LogP contribution in [0.5, 0.6) is 11.5 Å². The first kappa shape index (κ1) is 31.9. The zero-order valence-electron chi connectivity index (χ0n) is 23.8. The summed E-state index contributed by atoms with van der Waals surface area (Å²) >= 11 is 0. The van der Waals surface area contributed by atoms with Crippen molar-refractivity contribution in [2.24, 2.45) is 0 Å².